The Morgan fingerprint density at radius 1 is 1.11 bits per heavy atom. The molecule has 342 valence electrons. The smallest absolute Gasteiger partial charge is 0.427 e. The van der Waals surface area contributed by atoms with Gasteiger partial charge in [-0.3, -0.25) is 19.1 Å². The van der Waals surface area contributed by atoms with E-state index in [1.54, 1.807) is 31.2 Å². The summed E-state index contributed by atoms with van der Waals surface area (Å²) in [5.74, 6) is -2.83. The largest absolute Gasteiger partial charge is 0.497 e. The minimum atomic E-state index is -4.94. The Labute approximate surface area is 358 Å². The van der Waals surface area contributed by atoms with E-state index in [0.717, 1.165) is 10.3 Å². The van der Waals surface area contributed by atoms with Gasteiger partial charge in [0, 0.05) is 31.3 Å². The standard InChI is InChI=1S/C42H56F4N6O9S/c1-8-51(6)32-19-26-18-28(59-7)13-14-30(26)35(47-32)60-29-20-31-34(53)49-41(37(55)50-62(57,58)40(23-43)15-16-40)21-27(41)12-10-9-11-24(2)17-25(3)33(36(54)52(31)22-29)48-38(56)61-39(4,5)42(44,45)46/h10,12-14,18-19,24-25,27,29,31,33H,8-9,11,15-17,20-23H2,1-7H3,(H,48,56)(H,49,53)(H,50,55)/b12-10-/t24-,25-,27-,29-,31+,33+,41-/m1/s1. The minimum Gasteiger partial charge on any atom is -0.497 e. The summed E-state index contributed by atoms with van der Waals surface area (Å²) in [6, 6.07) is 4.25. The van der Waals surface area contributed by atoms with Gasteiger partial charge in [-0.2, -0.15) is 18.2 Å². The van der Waals surface area contributed by atoms with Crippen molar-refractivity contribution in [3.8, 4) is 11.6 Å². The molecule has 2 aliphatic carbocycles. The molecule has 4 aliphatic rings. The van der Waals surface area contributed by atoms with Crippen molar-refractivity contribution in [3.05, 3.63) is 36.4 Å². The minimum absolute atomic E-state index is 0.00846. The van der Waals surface area contributed by atoms with Crippen LogP contribution in [-0.4, -0.2) is 116 Å². The van der Waals surface area contributed by atoms with Crippen LogP contribution in [-0.2, 0) is 29.1 Å². The van der Waals surface area contributed by atoms with E-state index in [2.05, 4.69) is 10.6 Å². The molecule has 1 aromatic carbocycles. The second kappa shape index (κ2) is 17.4. The predicted octanol–water partition coefficient (Wildman–Crippen LogP) is 5.32. The van der Waals surface area contributed by atoms with E-state index >= 15 is 0 Å². The molecule has 4 amide bonds. The van der Waals surface area contributed by atoms with Gasteiger partial charge in [-0.15, -0.1) is 0 Å². The highest BCUT2D eigenvalue weighted by Crippen LogP contribution is 2.48. The average molecular weight is 897 g/mol. The van der Waals surface area contributed by atoms with Gasteiger partial charge >= 0.3 is 12.3 Å². The summed E-state index contributed by atoms with van der Waals surface area (Å²) in [4.78, 5) is 64.5. The molecule has 0 bridgehead atoms. The van der Waals surface area contributed by atoms with Gasteiger partial charge in [-0.25, -0.2) is 17.6 Å². The van der Waals surface area contributed by atoms with Crippen molar-refractivity contribution in [1.29, 1.82) is 0 Å². The Bertz CT molecular complexity index is 2200. The molecule has 1 aromatic heterocycles. The fourth-order valence-corrected chi connectivity index (χ4v) is 9.55. The normalized spacial score (nSPS) is 28.3. The average Bonchev–Trinajstić information content (AvgIpc) is 4.11. The zero-order valence-electron chi connectivity index (χ0n) is 35.9. The van der Waals surface area contributed by atoms with E-state index in [-0.39, 0.29) is 44.0 Å². The van der Waals surface area contributed by atoms with E-state index in [0.29, 0.717) is 56.6 Å². The van der Waals surface area contributed by atoms with Crippen molar-refractivity contribution in [2.24, 2.45) is 17.8 Å². The van der Waals surface area contributed by atoms with E-state index in [1.165, 1.54) is 7.11 Å². The molecule has 15 nitrogen and oxygen atoms in total. The number of alkyl carbamates (subject to hydrolysis) is 1. The number of fused-ring (bicyclic) bond motifs is 3. The molecule has 0 radical (unpaired) electrons. The number of hydrogen-bond donors (Lipinski definition) is 3. The molecule has 62 heavy (non-hydrogen) atoms. The Morgan fingerprint density at radius 3 is 2.45 bits per heavy atom. The molecular weight excluding hydrogens is 841 g/mol. The van der Waals surface area contributed by atoms with Crippen molar-refractivity contribution in [1.82, 2.24) is 25.2 Å². The fourth-order valence-electron chi connectivity index (χ4n) is 8.12. The first kappa shape index (κ1) is 46.6. The maximum atomic E-state index is 14.9. The third-order valence-electron chi connectivity index (χ3n) is 12.7. The SMILES string of the molecule is CCN(C)c1cc2cc(OC)ccc2c(O[C@@H]2C[C@H]3C(=O)N[C@]4(C(=O)NS(=O)(=O)C5(CF)CC5)C[C@H]4/C=C\CC[C@@H](C)C[C@@H](C)[C@H](NC(=O)OC(C)(C)C(F)(F)F)C(=O)N3C2)n1. The van der Waals surface area contributed by atoms with Crippen LogP contribution < -0.4 is 29.7 Å². The quantitative estimate of drug-likeness (QED) is 0.196. The predicted molar refractivity (Wildman–Crippen MR) is 221 cm³/mol. The summed E-state index contributed by atoms with van der Waals surface area (Å²) < 4.78 is 98.9. The van der Waals surface area contributed by atoms with Gasteiger partial charge in [0.25, 0.3) is 5.91 Å². The number of methoxy groups -OCH3 is 1. The summed E-state index contributed by atoms with van der Waals surface area (Å²) in [6.45, 7) is 6.01. The summed E-state index contributed by atoms with van der Waals surface area (Å²) in [6.07, 6.45) is -2.55. The lowest BCUT2D eigenvalue weighted by atomic mass is 9.88. The number of nitrogens with zero attached hydrogens (tertiary/aromatic N) is 3. The fraction of sp³-hybridized carbons (Fsp3) is 0.643. The van der Waals surface area contributed by atoms with Gasteiger partial charge in [0.1, 0.15) is 46.7 Å². The lowest BCUT2D eigenvalue weighted by molar-refractivity contribution is -0.244. The highest BCUT2D eigenvalue weighted by molar-refractivity contribution is 7.91. The molecule has 0 unspecified atom stereocenters. The van der Waals surface area contributed by atoms with Gasteiger partial charge in [0.2, 0.25) is 33.3 Å². The first-order chi connectivity index (χ1) is 29.0. The van der Waals surface area contributed by atoms with E-state index in [4.69, 9.17) is 19.2 Å². The van der Waals surface area contributed by atoms with E-state index in [9.17, 15) is 45.2 Å². The van der Waals surface area contributed by atoms with Crippen molar-refractivity contribution in [2.45, 2.75) is 120 Å². The van der Waals surface area contributed by atoms with Crippen LogP contribution in [0.5, 0.6) is 11.6 Å². The number of alkyl halides is 4. The Hall–Kier alpha value is -4.88. The molecule has 3 N–H and O–H groups in total. The molecular formula is C42H56F4N6O9S. The van der Waals surface area contributed by atoms with E-state index in [1.807, 2.05) is 42.7 Å². The molecule has 6 rings (SSSR count). The number of ether oxygens (including phenoxy) is 3. The lowest BCUT2D eigenvalue weighted by Gasteiger charge is -2.34. The molecule has 7 atom stereocenters. The van der Waals surface area contributed by atoms with Crippen LogP contribution in [0.4, 0.5) is 28.2 Å². The van der Waals surface area contributed by atoms with Gasteiger partial charge < -0.3 is 34.6 Å². The molecule has 2 aromatic rings. The zero-order chi connectivity index (χ0) is 45.6. The number of halogens is 4. The number of benzene rings is 1. The van der Waals surface area contributed by atoms with E-state index < -0.39 is 92.6 Å². The molecule has 0 spiro atoms. The number of sulfonamides is 1. The van der Waals surface area contributed by atoms with Crippen LogP contribution in [0.1, 0.15) is 79.6 Å². The maximum absolute atomic E-state index is 14.9. The number of rotatable bonds is 11. The molecule has 3 fully saturated rings. The molecule has 2 saturated carbocycles. The van der Waals surface area contributed by atoms with Crippen molar-refractivity contribution in [3.63, 3.8) is 0 Å². The number of pyridine rings is 1. The third kappa shape index (κ3) is 9.39. The van der Waals surface area contributed by atoms with Crippen LogP contribution in [0.3, 0.4) is 0 Å². The van der Waals surface area contributed by atoms with Crippen LogP contribution in [0.15, 0.2) is 36.4 Å². The van der Waals surface area contributed by atoms with Crippen LogP contribution in [0.25, 0.3) is 10.8 Å². The van der Waals surface area contributed by atoms with Crippen molar-refractivity contribution < 1.29 is 59.4 Å². The first-order valence-corrected chi connectivity index (χ1v) is 22.3. The zero-order valence-corrected chi connectivity index (χ0v) is 36.8. The third-order valence-corrected chi connectivity index (χ3v) is 14.8. The summed E-state index contributed by atoms with van der Waals surface area (Å²) in [7, 11) is -1.11. The van der Waals surface area contributed by atoms with Crippen LogP contribution in [0, 0.1) is 17.8 Å². The number of aromatic nitrogens is 1. The maximum Gasteiger partial charge on any atom is 0.427 e. The number of hydrogen-bond acceptors (Lipinski definition) is 11. The topological polar surface area (TPSA) is 186 Å². The van der Waals surface area contributed by atoms with Gasteiger partial charge in [-0.05, 0) is 101 Å². The van der Waals surface area contributed by atoms with Gasteiger partial charge in [-0.1, -0.05) is 26.0 Å². The number of allylic oxidation sites excluding steroid dienone is 1. The summed E-state index contributed by atoms with van der Waals surface area (Å²) in [5, 5.41) is 6.42. The molecule has 1 saturated heterocycles. The molecule has 2 aliphatic heterocycles. The highest BCUT2D eigenvalue weighted by atomic mass is 32.2. The number of nitrogens with one attached hydrogen (secondary N) is 3. The van der Waals surface area contributed by atoms with Crippen molar-refractivity contribution >= 4 is 50.4 Å². The Balaban J connectivity index is 1.39. The van der Waals surface area contributed by atoms with Crippen LogP contribution >= 0.6 is 0 Å². The molecule has 20 heteroatoms. The second-order valence-electron chi connectivity index (χ2n) is 17.7. The number of amides is 4. The first-order valence-electron chi connectivity index (χ1n) is 20.8. The summed E-state index contributed by atoms with van der Waals surface area (Å²) >= 11 is 0. The number of carbonyl (C=O) groups is 4. The summed E-state index contributed by atoms with van der Waals surface area (Å²) in [5.41, 5.74) is -4.69. The molecule has 3 heterocycles. The Morgan fingerprint density at radius 2 is 1.82 bits per heavy atom. The van der Waals surface area contributed by atoms with Crippen LogP contribution in [0.2, 0.25) is 0 Å². The monoisotopic (exact) mass is 896 g/mol. The number of anilines is 1. The van der Waals surface area contributed by atoms with Crippen molar-refractivity contribution in [2.75, 3.05) is 38.8 Å². The second-order valence-corrected chi connectivity index (χ2v) is 19.8. The van der Waals surface area contributed by atoms with Gasteiger partial charge in [0.15, 0.2) is 0 Å². The van der Waals surface area contributed by atoms with Gasteiger partial charge in [0.05, 0.1) is 13.7 Å². The lowest BCUT2D eigenvalue weighted by Crippen LogP contribution is -2.60. The highest BCUT2D eigenvalue weighted by Gasteiger charge is 2.64. The number of carbonyl (C=O) groups excluding carboxylic acids is 4. The Kier molecular flexibility index (Phi) is 13.0.